The van der Waals surface area contributed by atoms with Crippen molar-refractivity contribution in [1.82, 2.24) is 0 Å². The van der Waals surface area contributed by atoms with Crippen LogP contribution in [-0.2, 0) is 0 Å². The Labute approximate surface area is 116 Å². The monoisotopic (exact) mass is 268 g/mol. The lowest BCUT2D eigenvalue weighted by Crippen LogP contribution is -2.20. The first-order chi connectivity index (χ1) is 9.66. The van der Waals surface area contributed by atoms with Crippen LogP contribution in [0.25, 0.3) is 5.57 Å². The molecule has 0 saturated carbocycles. The van der Waals surface area contributed by atoms with Gasteiger partial charge in [0.25, 0.3) is 0 Å². The van der Waals surface area contributed by atoms with Gasteiger partial charge >= 0.3 is 0 Å². The van der Waals surface area contributed by atoms with Crippen molar-refractivity contribution in [3.05, 3.63) is 71.0 Å². The molecule has 1 aliphatic heterocycles. The summed E-state index contributed by atoms with van der Waals surface area (Å²) < 4.78 is 18.9. The standard InChI is InChI=1S/C17H13FO2/c1-11(12-5-3-2-4-6-12)15-10-20-16-8-7-13(18)9-14(16)17(15)19/h2-9H,10H2,1H3. The Morgan fingerprint density at radius 3 is 2.65 bits per heavy atom. The third kappa shape index (κ3) is 2.11. The van der Waals surface area contributed by atoms with Gasteiger partial charge in [-0.25, -0.2) is 4.39 Å². The second-order valence-corrected chi connectivity index (χ2v) is 4.73. The van der Waals surface area contributed by atoms with Gasteiger partial charge in [0.1, 0.15) is 18.2 Å². The molecule has 2 nitrogen and oxygen atoms in total. The molecule has 1 heterocycles. The van der Waals surface area contributed by atoms with Gasteiger partial charge in [-0.1, -0.05) is 30.3 Å². The van der Waals surface area contributed by atoms with Crippen LogP contribution in [0.15, 0.2) is 54.1 Å². The third-order valence-electron chi connectivity index (χ3n) is 3.49. The SMILES string of the molecule is CC(=C1COc2ccc(F)cc2C1=O)c1ccccc1. The molecule has 0 radical (unpaired) electrons. The van der Waals surface area contributed by atoms with Crippen LogP contribution < -0.4 is 4.74 Å². The molecule has 3 rings (SSSR count). The molecule has 20 heavy (non-hydrogen) atoms. The topological polar surface area (TPSA) is 26.3 Å². The first kappa shape index (κ1) is 12.6. The molecular weight excluding hydrogens is 255 g/mol. The number of Topliss-reactive ketones (excluding diaryl/α,β-unsaturated/α-hetero) is 1. The lowest BCUT2D eigenvalue weighted by Gasteiger charge is -2.20. The van der Waals surface area contributed by atoms with Crippen LogP contribution in [0.5, 0.6) is 5.75 Å². The smallest absolute Gasteiger partial charge is 0.196 e. The summed E-state index contributed by atoms with van der Waals surface area (Å²) in [6.07, 6.45) is 0. The fourth-order valence-corrected chi connectivity index (χ4v) is 2.32. The normalized spacial score (nSPS) is 16.4. The van der Waals surface area contributed by atoms with Gasteiger partial charge in [-0.15, -0.1) is 0 Å². The van der Waals surface area contributed by atoms with E-state index in [1.54, 1.807) is 0 Å². The zero-order chi connectivity index (χ0) is 14.1. The van der Waals surface area contributed by atoms with Crippen LogP contribution in [-0.4, -0.2) is 12.4 Å². The number of halogens is 1. The van der Waals surface area contributed by atoms with Crippen molar-refractivity contribution < 1.29 is 13.9 Å². The summed E-state index contributed by atoms with van der Waals surface area (Å²) in [6.45, 7) is 2.11. The van der Waals surface area contributed by atoms with Crippen molar-refractivity contribution in [1.29, 1.82) is 0 Å². The Morgan fingerprint density at radius 1 is 1.15 bits per heavy atom. The van der Waals surface area contributed by atoms with Gasteiger partial charge in [0.05, 0.1) is 5.56 Å². The fraction of sp³-hybridized carbons (Fsp3) is 0.118. The van der Waals surface area contributed by atoms with Gasteiger partial charge in [-0.2, -0.15) is 0 Å². The summed E-state index contributed by atoms with van der Waals surface area (Å²) in [6, 6.07) is 13.7. The molecule has 0 atom stereocenters. The number of ketones is 1. The molecular formula is C17H13FO2. The molecule has 2 aromatic carbocycles. The molecule has 1 aliphatic rings. The van der Waals surface area contributed by atoms with Gasteiger partial charge in [-0.05, 0) is 36.3 Å². The maximum atomic E-state index is 13.3. The number of fused-ring (bicyclic) bond motifs is 1. The number of rotatable bonds is 1. The number of allylic oxidation sites excluding steroid dienone is 1. The summed E-state index contributed by atoms with van der Waals surface area (Å²) in [5, 5.41) is 0. The van der Waals surface area contributed by atoms with Gasteiger partial charge in [0, 0.05) is 5.57 Å². The largest absolute Gasteiger partial charge is 0.488 e. The predicted molar refractivity (Wildman–Crippen MR) is 75.3 cm³/mol. The number of ether oxygens (including phenoxy) is 1. The van der Waals surface area contributed by atoms with Crippen LogP contribution >= 0.6 is 0 Å². The highest BCUT2D eigenvalue weighted by atomic mass is 19.1. The molecule has 0 saturated heterocycles. The molecule has 0 aromatic heterocycles. The van der Waals surface area contributed by atoms with Crippen molar-refractivity contribution in [2.75, 3.05) is 6.61 Å². The second kappa shape index (κ2) is 4.93. The van der Waals surface area contributed by atoms with E-state index in [2.05, 4.69) is 0 Å². The van der Waals surface area contributed by atoms with Crippen LogP contribution in [0.2, 0.25) is 0 Å². The van der Waals surface area contributed by atoms with Gasteiger partial charge < -0.3 is 4.74 Å². The van der Waals surface area contributed by atoms with Crippen molar-refractivity contribution in [2.24, 2.45) is 0 Å². The second-order valence-electron chi connectivity index (χ2n) is 4.73. The number of hydrogen-bond acceptors (Lipinski definition) is 2. The lowest BCUT2D eigenvalue weighted by molar-refractivity contribution is 0.0999. The Morgan fingerprint density at radius 2 is 1.90 bits per heavy atom. The summed E-state index contributed by atoms with van der Waals surface area (Å²) in [5.41, 5.74) is 2.71. The van der Waals surface area contributed by atoms with E-state index in [0.29, 0.717) is 16.9 Å². The van der Waals surface area contributed by atoms with E-state index in [9.17, 15) is 9.18 Å². The van der Waals surface area contributed by atoms with E-state index in [0.717, 1.165) is 11.1 Å². The van der Waals surface area contributed by atoms with Crippen LogP contribution in [0.4, 0.5) is 4.39 Å². The summed E-state index contributed by atoms with van der Waals surface area (Å²) in [7, 11) is 0. The molecule has 0 unspecified atom stereocenters. The number of carbonyl (C=O) groups excluding carboxylic acids is 1. The molecule has 0 bridgehead atoms. The van der Waals surface area contributed by atoms with Crippen molar-refractivity contribution >= 4 is 11.4 Å². The first-order valence-corrected chi connectivity index (χ1v) is 6.39. The van der Waals surface area contributed by atoms with Crippen LogP contribution in [0.1, 0.15) is 22.8 Å². The average molecular weight is 268 g/mol. The molecule has 0 N–H and O–H groups in total. The number of hydrogen-bond donors (Lipinski definition) is 0. The third-order valence-corrected chi connectivity index (χ3v) is 3.49. The minimum absolute atomic E-state index is 0.160. The van der Waals surface area contributed by atoms with Crippen molar-refractivity contribution in [3.8, 4) is 5.75 Å². The lowest BCUT2D eigenvalue weighted by atomic mass is 9.93. The quantitative estimate of drug-likeness (QED) is 0.734. The van der Waals surface area contributed by atoms with Crippen LogP contribution in [0.3, 0.4) is 0 Å². The van der Waals surface area contributed by atoms with Crippen molar-refractivity contribution in [3.63, 3.8) is 0 Å². The molecule has 100 valence electrons. The molecule has 0 fully saturated rings. The first-order valence-electron chi connectivity index (χ1n) is 6.39. The maximum Gasteiger partial charge on any atom is 0.196 e. The van der Waals surface area contributed by atoms with Crippen molar-refractivity contribution in [2.45, 2.75) is 6.92 Å². The van der Waals surface area contributed by atoms with Crippen LogP contribution in [0, 0.1) is 5.82 Å². The summed E-state index contributed by atoms with van der Waals surface area (Å²) in [4.78, 5) is 12.5. The Kier molecular flexibility index (Phi) is 3.11. The number of carbonyl (C=O) groups is 1. The summed E-state index contributed by atoms with van der Waals surface area (Å²) >= 11 is 0. The van der Waals surface area contributed by atoms with E-state index in [-0.39, 0.29) is 12.4 Å². The molecule has 0 aliphatic carbocycles. The van der Waals surface area contributed by atoms with E-state index in [1.807, 2.05) is 37.3 Å². The Balaban J connectivity index is 2.08. The number of benzene rings is 2. The predicted octanol–water partition coefficient (Wildman–Crippen LogP) is 3.87. The fourth-order valence-electron chi connectivity index (χ4n) is 2.32. The van der Waals surface area contributed by atoms with Gasteiger partial charge in [-0.3, -0.25) is 4.79 Å². The van der Waals surface area contributed by atoms with E-state index < -0.39 is 5.82 Å². The molecule has 3 heteroatoms. The highest BCUT2D eigenvalue weighted by molar-refractivity contribution is 6.15. The molecule has 0 spiro atoms. The maximum absolute atomic E-state index is 13.3. The van der Waals surface area contributed by atoms with Gasteiger partial charge in [0.15, 0.2) is 5.78 Å². The minimum Gasteiger partial charge on any atom is -0.488 e. The molecule has 2 aromatic rings. The van der Waals surface area contributed by atoms with E-state index in [4.69, 9.17) is 4.74 Å². The zero-order valence-corrected chi connectivity index (χ0v) is 11.0. The average Bonchev–Trinajstić information content (AvgIpc) is 2.48. The molecule has 0 amide bonds. The van der Waals surface area contributed by atoms with Gasteiger partial charge in [0.2, 0.25) is 0 Å². The van der Waals surface area contributed by atoms with E-state index >= 15 is 0 Å². The highest BCUT2D eigenvalue weighted by Gasteiger charge is 2.25. The Hall–Kier alpha value is -2.42. The minimum atomic E-state index is -0.431. The highest BCUT2D eigenvalue weighted by Crippen LogP contribution is 2.31. The van der Waals surface area contributed by atoms with E-state index in [1.165, 1.54) is 18.2 Å². The zero-order valence-electron chi connectivity index (χ0n) is 11.0. The Bertz CT molecular complexity index is 702. The summed E-state index contributed by atoms with van der Waals surface area (Å²) in [5.74, 6) is -0.146.